The molecule has 9 nitrogen and oxygen atoms in total. The number of nitrogens with zero attached hydrogens (tertiary/aromatic N) is 5. The highest BCUT2D eigenvalue weighted by Crippen LogP contribution is 2.44. The van der Waals surface area contributed by atoms with Crippen molar-refractivity contribution in [1.29, 1.82) is 0 Å². The third-order valence-corrected chi connectivity index (χ3v) is 7.56. The monoisotopic (exact) mass is 553 g/mol. The Bertz CT molecular complexity index is 1770. The maximum atomic E-state index is 13.8. The highest BCUT2D eigenvalue weighted by atomic mass is 32.1. The van der Waals surface area contributed by atoms with Crippen molar-refractivity contribution >= 4 is 39.1 Å². The Morgan fingerprint density at radius 3 is 2.33 bits per heavy atom. The largest absolute Gasteiger partial charge is 0.433 e. The summed E-state index contributed by atoms with van der Waals surface area (Å²) in [7, 11) is 1.66. The van der Waals surface area contributed by atoms with Crippen LogP contribution in [0.1, 0.15) is 42.8 Å². The second-order valence-corrected chi connectivity index (χ2v) is 9.92. The number of aromatic nitrogens is 5. The molecular weight excluding hydrogens is 531 g/mol. The van der Waals surface area contributed by atoms with Gasteiger partial charge in [0.15, 0.2) is 0 Å². The van der Waals surface area contributed by atoms with Crippen molar-refractivity contribution < 1.29 is 22.8 Å². The van der Waals surface area contributed by atoms with Crippen LogP contribution >= 0.6 is 11.3 Å². The lowest BCUT2D eigenvalue weighted by atomic mass is 10.0. The van der Waals surface area contributed by atoms with Crippen molar-refractivity contribution in [3.05, 3.63) is 75.8 Å². The van der Waals surface area contributed by atoms with Crippen LogP contribution in [0.25, 0.3) is 27.0 Å². The van der Waals surface area contributed by atoms with Gasteiger partial charge in [-0.3, -0.25) is 14.3 Å². The van der Waals surface area contributed by atoms with Crippen LogP contribution in [0.5, 0.6) is 0 Å². The molecule has 0 aliphatic heterocycles. The summed E-state index contributed by atoms with van der Waals surface area (Å²) in [5.41, 5.74) is 7.52. The molecule has 0 unspecified atom stereocenters. The number of fused-ring (bicyclic) bond motifs is 1. The molecule has 200 valence electrons. The van der Waals surface area contributed by atoms with Gasteiger partial charge in [-0.25, -0.2) is 9.67 Å². The van der Waals surface area contributed by atoms with Crippen molar-refractivity contribution in [1.82, 2.24) is 24.5 Å². The summed E-state index contributed by atoms with van der Waals surface area (Å²) in [4.78, 5) is 29.6. The van der Waals surface area contributed by atoms with Crippen LogP contribution in [0.4, 0.5) is 18.9 Å². The van der Waals surface area contributed by atoms with Gasteiger partial charge in [-0.05, 0) is 44.5 Å². The van der Waals surface area contributed by atoms with E-state index in [1.54, 1.807) is 32.5 Å². The number of aryl methyl sites for hydroxylation is 2. The molecular formula is C26H22F3N7O2S. The molecule has 0 radical (unpaired) electrons. The zero-order valence-corrected chi connectivity index (χ0v) is 22.0. The highest BCUT2D eigenvalue weighted by molar-refractivity contribution is 7.21. The summed E-state index contributed by atoms with van der Waals surface area (Å²) in [5.74, 6) is -1.51. The first-order chi connectivity index (χ1) is 18.4. The van der Waals surface area contributed by atoms with E-state index in [2.05, 4.69) is 20.5 Å². The van der Waals surface area contributed by atoms with Gasteiger partial charge >= 0.3 is 6.18 Å². The van der Waals surface area contributed by atoms with E-state index < -0.39 is 23.7 Å². The highest BCUT2D eigenvalue weighted by Gasteiger charge is 2.35. The predicted molar refractivity (Wildman–Crippen MR) is 141 cm³/mol. The van der Waals surface area contributed by atoms with Gasteiger partial charge < -0.3 is 11.1 Å². The van der Waals surface area contributed by atoms with Crippen molar-refractivity contribution in [2.45, 2.75) is 26.9 Å². The van der Waals surface area contributed by atoms with Crippen LogP contribution in [0.2, 0.25) is 0 Å². The summed E-state index contributed by atoms with van der Waals surface area (Å²) in [6.07, 6.45) is -3.32. The van der Waals surface area contributed by atoms with Crippen molar-refractivity contribution in [3.63, 3.8) is 0 Å². The van der Waals surface area contributed by atoms with E-state index in [0.717, 1.165) is 11.8 Å². The lowest BCUT2D eigenvalue weighted by molar-refractivity contribution is -0.140. The number of carbonyl (C=O) groups excluding carboxylic acids is 2. The fraction of sp³-hybridized carbons (Fsp3) is 0.192. The minimum Gasteiger partial charge on any atom is -0.365 e. The minimum atomic E-state index is -4.75. The van der Waals surface area contributed by atoms with Crippen LogP contribution in [-0.4, -0.2) is 36.4 Å². The molecule has 0 fully saturated rings. The molecule has 0 bridgehead atoms. The zero-order chi connectivity index (χ0) is 28.2. The summed E-state index contributed by atoms with van der Waals surface area (Å²) >= 11 is 0.683. The predicted octanol–water partition coefficient (Wildman–Crippen LogP) is 5.18. The number of pyridine rings is 1. The van der Waals surface area contributed by atoms with Gasteiger partial charge in [0.25, 0.3) is 11.8 Å². The number of amides is 2. The van der Waals surface area contributed by atoms with Crippen molar-refractivity contribution in [2.24, 2.45) is 12.8 Å². The van der Waals surface area contributed by atoms with Gasteiger partial charge in [-0.1, -0.05) is 18.2 Å². The maximum Gasteiger partial charge on any atom is 0.433 e. The van der Waals surface area contributed by atoms with E-state index in [0.29, 0.717) is 34.0 Å². The average molecular weight is 554 g/mol. The number of halogens is 3. The number of nitrogens with one attached hydrogen (secondary N) is 1. The number of anilines is 1. The van der Waals surface area contributed by atoms with Gasteiger partial charge in [-0.15, -0.1) is 11.3 Å². The molecule has 5 rings (SSSR count). The second kappa shape index (κ2) is 9.34. The molecule has 5 aromatic rings. The number of para-hydroxylation sites is 1. The molecule has 1 aromatic carbocycles. The molecule has 0 aliphatic rings. The molecule has 0 saturated heterocycles. The third-order valence-electron chi connectivity index (χ3n) is 6.46. The van der Waals surface area contributed by atoms with Crippen LogP contribution < -0.4 is 11.1 Å². The molecule has 4 aromatic heterocycles. The first-order valence-electron chi connectivity index (χ1n) is 11.6. The minimum absolute atomic E-state index is 0.0155. The maximum absolute atomic E-state index is 13.8. The smallest absolute Gasteiger partial charge is 0.365 e. The number of alkyl halides is 3. The normalized spacial score (nSPS) is 11.8. The number of nitrogens with two attached hydrogens (primary N) is 1. The molecule has 0 atom stereocenters. The summed E-state index contributed by atoms with van der Waals surface area (Å²) < 4.78 is 44.5. The van der Waals surface area contributed by atoms with Gasteiger partial charge in [0, 0.05) is 23.7 Å². The fourth-order valence-corrected chi connectivity index (χ4v) is 5.49. The number of hydrogen-bond acceptors (Lipinski definition) is 6. The number of thiophene rings is 1. The third kappa shape index (κ3) is 4.44. The molecule has 39 heavy (non-hydrogen) atoms. The molecule has 13 heteroatoms. The van der Waals surface area contributed by atoms with Crippen LogP contribution in [0.3, 0.4) is 0 Å². The number of hydrogen-bond donors (Lipinski definition) is 2. The van der Waals surface area contributed by atoms with E-state index in [1.165, 1.54) is 10.9 Å². The molecule has 3 N–H and O–H groups in total. The Balaban J connectivity index is 1.71. The van der Waals surface area contributed by atoms with Gasteiger partial charge in [0.05, 0.1) is 34.5 Å². The summed E-state index contributed by atoms with van der Waals surface area (Å²) in [6, 6.07) is 10.1. The number of benzene rings is 1. The Labute approximate surface area is 224 Å². The Hall–Kier alpha value is -4.52. The molecule has 0 saturated carbocycles. The van der Waals surface area contributed by atoms with Gasteiger partial charge in [0.2, 0.25) is 0 Å². The second-order valence-electron chi connectivity index (χ2n) is 8.92. The molecule has 2 amide bonds. The first-order valence-corrected chi connectivity index (χ1v) is 12.5. The lowest BCUT2D eigenvalue weighted by Crippen LogP contribution is -2.18. The molecule has 4 heterocycles. The van der Waals surface area contributed by atoms with Crippen LogP contribution in [0, 0.1) is 20.8 Å². The number of carbonyl (C=O) groups is 2. The summed E-state index contributed by atoms with van der Waals surface area (Å²) in [5, 5.41) is 11.5. The van der Waals surface area contributed by atoms with E-state index in [1.807, 2.05) is 30.3 Å². The van der Waals surface area contributed by atoms with E-state index >= 15 is 0 Å². The van der Waals surface area contributed by atoms with Gasteiger partial charge in [0.1, 0.15) is 15.4 Å². The van der Waals surface area contributed by atoms with Crippen LogP contribution in [0.15, 0.2) is 42.6 Å². The molecule has 0 aliphatic carbocycles. The van der Waals surface area contributed by atoms with Crippen LogP contribution in [-0.2, 0) is 13.2 Å². The zero-order valence-electron chi connectivity index (χ0n) is 21.2. The number of primary amides is 1. The fourth-order valence-electron chi connectivity index (χ4n) is 4.48. The van der Waals surface area contributed by atoms with Gasteiger partial charge in [-0.2, -0.15) is 23.4 Å². The van der Waals surface area contributed by atoms with E-state index in [4.69, 9.17) is 5.73 Å². The Morgan fingerprint density at radius 1 is 1.05 bits per heavy atom. The summed E-state index contributed by atoms with van der Waals surface area (Å²) in [6.45, 7) is 5.10. The quantitative estimate of drug-likeness (QED) is 0.311. The first kappa shape index (κ1) is 26.1. The average Bonchev–Trinajstić information content (AvgIpc) is 3.51. The topological polar surface area (TPSA) is 121 Å². The standard InChI is InChI=1S/C26H22F3N7O2S/c1-12-19(14(3)36(34-12)15-8-6-5-7-9-15)24(38)33-21-20-16(17-11-31-35(4)13(17)2)10-18(26(27,28)29)32-25(20)39-22(21)23(30)37/h5-11H,1-4H3,(H2,30,37)(H,33,38). The Kier molecular flexibility index (Phi) is 6.25. The van der Waals surface area contributed by atoms with E-state index in [-0.39, 0.29) is 31.9 Å². The SMILES string of the molecule is Cc1nn(-c2ccccc2)c(C)c1C(=O)Nc1c(C(N)=O)sc2nc(C(F)(F)F)cc(-c3cnn(C)c3C)c12. The van der Waals surface area contributed by atoms with Crippen molar-refractivity contribution in [2.75, 3.05) is 5.32 Å². The molecule has 0 spiro atoms. The Morgan fingerprint density at radius 2 is 1.74 bits per heavy atom. The lowest BCUT2D eigenvalue weighted by Gasteiger charge is -2.12. The number of rotatable bonds is 5. The van der Waals surface area contributed by atoms with Crippen molar-refractivity contribution in [3.8, 4) is 16.8 Å². The van der Waals surface area contributed by atoms with E-state index in [9.17, 15) is 22.8 Å².